The number of amides is 1. The van der Waals surface area contributed by atoms with E-state index in [1.807, 2.05) is 6.92 Å². The molecule has 0 aliphatic rings. The minimum Gasteiger partial charge on any atom is -0.478 e. The number of hydrogen-bond acceptors (Lipinski definition) is 4. The molecule has 0 aromatic carbocycles. The van der Waals surface area contributed by atoms with E-state index in [9.17, 15) is 9.59 Å². The Hall–Kier alpha value is -1.82. The van der Waals surface area contributed by atoms with Gasteiger partial charge in [0.15, 0.2) is 0 Å². The minimum absolute atomic E-state index is 0.0816. The van der Waals surface area contributed by atoms with Gasteiger partial charge in [-0.25, -0.2) is 4.79 Å². The molecule has 0 saturated heterocycles. The molecule has 100 valence electrons. The molecule has 1 unspecified atom stereocenters. The van der Waals surface area contributed by atoms with Gasteiger partial charge in [0, 0.05) is 6.54 Å². The second-order valence-electron chi connectivity index (χ2n) is 4.00. The Kier molecular flexibility index (Phi) is 5.38. The first kappa shape index (κ1) is 14.2. The van der Waals surface area contributed by atoms with E-state index in [4.69, 9.17) is 9.52 Å². The van der Waals surface area contributed by atoms with E-state index >= 15 is 0 Å². The third-order valence-corrected chi connectivity index (χ3v) is 2.43. The van der Waals surface area contributed by atoms with Crippen molar-refractivity contribution in [3.63, 3.8) is 0 Å². The fourth-order valence-electron chi connectivity index (χ4n) is 1.33. The zero-order valence-electron chi connectivity index (χ0n) is 10.5. The summed E-state index contributed by atoms with van der Waals surface area (Å²) in [4.78, 5) is 22.2. The number of carbonyl (C=O) groups excluding carboxylic acids is 1. The fraction of sp³-hybridized carbons (Fsp3) is 0.500. The van der Waals surface area contributed by atoms with Crippen molar-refractivity contribution in [1.82, 2.24) is 10.6 Å². The van der Waals surface area contributed by atoms with Crippen LogP contribution in [-0.2, 0) is 11.3 Å². The normalized spacial score (nSPS) is 12.1. The molecule has 0 fully saturated rings. The van der Waals surface area contributed by atoms with E-state index in [2.05, 4.69) is 10.6 Å². The van der Waals surface area contributed by atoms with Crippen molar-refractivity contribution in [2.45, 2.75) is 32.9 Å². The third kappa shape index (κ3) is 4.21. The molecule has 0 aliphatic heterocycles. The third-order valence-electron chi connectivity index (χ3n) is 2.43. The largest absolute Gasteiger partial charge is 0.478 e. The summed E-state index contributed by atoms with van der Waals surface area (Å²) in [5, 5.41) is 14.4. The van der Waals surface area contributed by atoms with Gasteiger partial charge in [-0.15, -0.1) is 0 Å². The van der Waals surface area contributed by atoms with Gasteiger partial charge in [-0.2, -0.15) is 0 Å². The first-order chi connectivity index (χ1) is 8.54. The van der Waals surface area contributed by atoms with Gasteiger partial charge in [0.25, 0.3) is 0 Å². The lowest BCUT2D eigenvalue weighted by atomic mass is 10.2. The molecule has 0 bridgehead atoms. The molecule has 1 amide bonds. The van der Waals surface area contributed by atoms with Crippen LogP contribution in [0.4, 0.5) is 0 Å². The molecule has 1 aromatic rings. The van der Waals surface area contributed by atoms with E-state index in [0.717, 1.165) is 6.42 Å². The molecule has 1 aromatic heterocycles. The fourth-order valence-corrected chi connectivity index (χ4v) is 1.33. The van der Waals surface area contributed by atoms with Crippen LogP contribution in [0.3, 0.4) is 0 Å². The average molecular weight is 254 g/mol. The van der Waals surface area contributed by atoms with Gasteiger partial charge >= 0.3 is 5.97 Å². The summed E-state index contributed by atoms with van der Waals surface area (Å²) in [5.41, 5.74) is 0.106. The molecule has 6 nitrogen and oxygen atoms in total. The van der Waals surface area contributed by atoms with Crippen LogP contribution in [0.25, 0.3) is 0 Å². The topological polar surface area (TPSA) is 91.6 Å². The lowest BCUT2D eigenvalue weighted by Crippen LogP contribution is -2.42. The first-order valence-electron chi connectivity index (χ1n) is 5.86. The second-order valence-corrected chi connectivity index (χ2v) is 4.00. The van der Waals surface area contributed by atoms with Gasteiger partial charge in [-0.3, -0.25) is 10.1 Å². The van der Waals surface area contributed by atoms with E-state index in [1.165, 1.54) is 12.3 Å². The molecule has 0 radical (unpaired) electrons. The van der Waals surface area contributed by atoms with Crippen LogP contribution in [0.2, 0.25) is 0 Å². The highest BCUT2D eigenvalue weighted by molar-refractivity contribution is 5.87. The van der Waals surface area contributed by atoms with Crippen molar-refractivity contribution in [2.24, 2.45) is 0 Å². The molecular formula is C12H18N2O4. The molecule has 0 aliphatic carbocycles. The Morgan fingerprint density at radius 3 is 2.78 bits per heavy atom. The maximum Gasteiger partial charge on any atom is 0.338 e. The van der Waals surface area contributed by atoms with Crippen LogP contribution in [0.15, 0.2) is 16.7 Å². The predicted octanol–water partition coefficient (Wildman–Crippen LogP) is 0.982. The van der Waals surface area contributed by atoms with Gasteiger partial charge in [-0.05, 0) is 19.4 Å². The van der Waals surface area contributed by atoms with Gasteiger partial charge in [0.05, 0.1) is 18.2 Å². The van der Waals surface area contributed by atoms with Crippen molar-refractivity contribution in [2.75, 3.05) is 6.54 Å². The molecule has 3 N–H and O–H groups in total. The van der Waals surface area contributed by atoms with Crippen LogP contribution in [-0.4, -0.2) is 29.6 Å². The number of nitrogens with one attached hydrogen (secondary N) is 2. The van der Waals surface area contributed by atoms with Crippen LogP contribution < -0.4 is 10.6 Å². The van der Waals surface area contributed by atoms with E-state index in [-0.39, 0.29) is 17.5 Å². The van der Waals surface area contributed by atoms with Crippen molar-refractivity contribution in [3.8, 4) is 0 Å². The summed E-state index contributed by atoms with van der Waals surface area (Å²) in [6.07, 6.45) is 2.07. The maximum atomic E-state index is 11.5. The highest BCUT2D eigenvalue weighted by atomic mass is 16.4. The van der Waals surface area contributed by atoms with Crippen LogP contribution in [0.5, 0.6) is 0 Å². The molecule has 1 atom stereocenters. The van der Waals surface area contributed by atoms with Gasteiger partial charge in [-0.1, -0.05) is 6.92 Å². The Bertz CT molecular complexity index is 414. The Morgan fingerprint density at radius 1 is 1.50 bits per heavy atom. The number of carboxylic acids is 1. The summed E-state index contributed by atoms with van der Waals surface area (Å²) in [6.45, 7) is 4.68. The van der Waals surface area contributed by atoms with Crippen molar-refractivity contribution in [3.05, 3.63) is 23.7 Å². The highest BCUT2D eigenvalue weighted by Crippen LogP contribution is 2.07. The highest BCUT2D eigenvalue weighted by Gasteiger charge is 2.13. The van der Waals surface area contributed by atoms with Gasteiger partial charge < -0.3 is 14.8 Å². The number of aromatic carboxylic acids is 1. The zero-order chi connectivity index (χ0) is 13.5. The van der Waals surface area contributed by atoms with Crippen molar-refractivity contribution < 1.29 is 19.1 Å². The number of carbonyl (C=O) groups is 2. The van der Waals surface area contributed by atoms with E-state index < -0.39 is 5.97 Å². The average Bonchev–Trinajstić information content (AvgIpc) is 2.81. The van der Waals surface area contributed by atoms with Crippen molar-refractivity contribution >= 4 is 11.9 Å². The second kappa shape index (κ2) is 6.80. The first-order valence-corrected chi connectivity index (χ1v) is 5.86. The van der Waals surface area contributed by atoms with Gasteiger partial charge in [0.1, 0.15) is 12.0 Å². The quantitative estimate of drug-likeness (QED) is 0.674. The number of furan rings is 1. The summed E-state index contributed by atoms with van der Waals surface area (Å²) in [5.74, 6) is -0.622. The monoisotopic (exact) mass is 254 g/mol. The van der Waals surface area contributed by atoms with Crippen LogP contribution in [0, 0.1) is 0 Å². The number of rotatable bonds is 7. The smallest absolute Gasteiger partial charge is 0.338 e. The molecule has 6 heteroatoms. The predicted molar refractivity (Wildman–Crippen MR) is 65.3 cm³/mol. The summed E-state index contributed by atoms with van der Waals surface area (Å²) >= 11 is 0. The van der Waals surface area contributed by atoms with Crippen LogP contribution >= 0.6 is 0 Å². The van der Waals surface area contributed by atoms with Gasteiger partial charge in [0.2, 0.25) is 5.91 Å². The lowest BCUT2D eigenvalue weighted by Gasteiger charge is -2.12. The standard InChI is InChI=1S/C12H18N2O4/c1-3-4-13-11(15)8(2)14-6-10-5-9(7-18-10)12(16)17/h5,7-8,14H,3-4,6H2,1-2H3,(H,13,15)(H,16,17). The molecule has 0 spiro atoms. The molecule has 0 saturated carbocycles. The molecule has 18 heavy (non-hydrogen) atoms. The Labute approximate surface area is 105 Å². The summed E-state index contributed by atoms with van der Waals surface area (Å²) in [6, 6.07) is 1.08. The van der Waals surface area contributed by atoms with Crippen molar-refractivity contribution in [1.29, 1.82) is 0 Å². The SMILES string of the molecule is CCCNC(=O)C(C)NCc1cc(C(=O)O)co1. The van der Waals surface area contributed by atoms with E-state index in [0.29, 0.717) is 18.8 Å². The minimum atomic E-state index is -1.03. The van der Waals surface area contributed by atoms with E-state index in [1.54, 1.807) is 6.92 Å². The zero-order valence-corrected chi connectivity index (χ0v) is 10.5. The molecular weight excluding hydrogens is 236 g/mol. The Balaban J connectivity index is 2.39. The van der Waals surface area contributed by atoms with Crippen LogP contribution in [0.1, 0.15) is 36.4 Å². The lowest BCUT2D eigenvalue weighted by molar-refractivity contribution is -0.122. The number of hydrogen-bond donors (Lipinski definition) is 3. The molecule has 1 heterocycles. The molecule has 1 rings (SSSR count). The number of carboxylic acid groups (broad SMARTS) is 1. The maximum absolute atomic E-state index is 11.5. The summed E-state index contributed by atoms with van der Waals surface area (Å²) < 4.78 is 5.06. The Morgan fingerprint density at radius 2 is 2.22 bits per heavy atom. The summed E-state index contributed by atoms with van der Waals surface area (Å²) in [7, 11) is 0.